The quantitative estimate of drug-likeness (QED) is 0.736. The molecular weight excluding hydrogens is 370 g/mol. The zero-order valence-electron chi connectivity index (χ0n) is 14.8. The molecule has 6 nitrogen and oxygen atoms in total. The maximum absolute atomic E-state index is 13.1. The van der Waals surface area contributed by atoms with E-state index in [1.54, 1.807) is 0 Å². The molecule has 1 aliphatic heterocycles. The number of rotatable bonds is 3. The minimum absolute atomic E-state index is 0.0808. The van der Waals surface area contributed by atoms with E-state index in [1.165, 1.54) is 19.1 Å². The van der Waals surface area contributed by atoms with Gasteiger partial charge in [0.05, 0.1) is 5.69 Å². The van der Waals surface area contributed by atoms with E-state index in [1.807, 2.05) is 4.90 Å². The number of aromatic nitrogens is 2. The van der Waals surface area contributed by atoms with Crippen molar-refractivity contribution in [1.29, 1.82) is 0 Å². The third kappa shape index (κ3) is 2.41. The SMILES string of the molecule is CS(=O)(=O)c1snnc1C1CCN(C(=O)C2CC3C=CC2C32CC2)CC1. The Bertz CT molecular complexity index is 879. The first-order valence-electron chi connectivity index (χ1n) is 9.39. The molecule has 3 atom stereocenters. The van der Waals surface area contributed by atoms with E-state index in [2.05, 4.69) is 21.7 Å². The van der Waals surface area contributed by atoms with Crippen LogP contribution in [-0.4, -0.2) is 48.2 Å². The first-order valence-corrected chi connectivity index (χ1v) is 12.1. The molecule has 0 aromatic carbocycles. The van der Waals surface area contributed by atoms with Crippen LogP contribution in [0.15, 0.2) is 16.4 Å². The second-order valence-corrected chi connectivity index (χ2v) is 11.4. The van der Waals surface area contributed by atoms with Crippen LogP contribution in [0.25, 0.3) is 0 Å². The Morgan fingerprint density at radius 1 is 1.27 bits per heavy atom. The summed E-state index contributed by atoms with van der Waals surface area (Å²) in [6.45, 7) is 1.38. The van der Waals surface area contributed by atoms with Crippen LogP contribution in [-0.2, 0) is 14.6 Å². The van der Waals surface area contributed by atoms with Gasteiger partial charge in [-0.25, -0.2) is 8.42 Å². The van der Waals surface area contributed by atoms with Gasteiger partial charge >= 0.3 is 0 Å². The number of piperidine rings is 1. The van der Waals surface area contributed by atoms with Gasteiger partial charge in [-0.2, -0.15) is 0 Å². The number of sulfone groups is 1. The minimum atomic E-state index is -3.29. The van der Waals surface area contributed by atoms with Gasteiger partial charge in [0.15, 0.2) is 14.0 Å². The number of hydrogen-bond donors (Lipinski definition) is 0. The van der Waals surface area contributed by atoms with Gasteiger partial charge in [-0.05, 0) is 49.4 Å². The molecule has 1 saturated heterocycles. The fourth-order valence-electron chi connectivity index (χ4n) is 5.56. The summed E-state index contributed by atoms with van der Waals surface area (Å²) < 4.78 is 27.9. The molecule has 26 heavy (non-hydrogen) atoms. The van der Waals surface area contributed by atoms with Crippen LogP contribution in [0, 0.1) is 23.2 Å². The van der Waals surface area contributed by atoms with Crippen LogP contribution < -0.4 is 0 Å². The number of allylic oxidation sites excluding steroid dienone is 2. The lowest BCUT2D eigenvalue weighted by Gasteiger charge is -2.34. The number of hydrogen-bond acceptors (Lipinski definition) is 6. The highest BCUT2D eigenvalue weighted by Gasteiger charge is 2.64. The molecule has 1 aromatic heterocycles. The maximum atomic E-state index is 13.1. The van der Waals surface area contributed by atoms with Gasteiger partial charge in [0.25, 0.3) is 0 Å². The Kier molecular flexibility index (Phi) is 3.64. The topological polar surface area (TPSA) is 80.2 Å². The predicted molar refractivity (Wildman–Crippen MR) is 97.5 cm³/mol. The van der Waals surface area contributed by atoms with Gasteiger partial charge in [-0.3, -0.25) is 4.79 Å². The van der Waals surface area contributed by atoms with E-state index in [4.69, 9.17) is 0 Å². The molecule has 3 fully saturated rings. The molecular formula is C18H23N3O3S2. The molecule has 4 aliphatic rings. The van der Waals surface area contributed by atoms with Crippen LogP contribution >= 0.6 is 11.5 Å². The monoisotopic (exact) mass is 393 g/mol. The second kappa shape index (κ2) is 5.61. The van der Waals surface area contributed by atoms with E-state index >= 15 is 0 Å². The molecule has 2 saturated carbocycles. The van der Waals surface area contributed by atoms with Gasteiger partial charge in [-0.1, -0.05) is 16.6 Å². The zero-order valence-corrected chi connectivity index (χ0v) is 16.4. The van der Waals surface area contributed by atoms with Crippen molar-refractivity contribution in [3.8, 4) is 0 Å². The van der Waals surface area contributed by atoms with Gasteiger partial charge in [0.1, 0.15) is 0 Å². The van der Waals surface area contributed by atoms with Crippen molar-refractivity contribution in [1.82, 2.24) is 14.5 Å². The van der Waals surface area contributed by atoms with Gasteiger partial charge in [-0.15, -0.1) is 5.10 Å². The molecule has 3 aliphatic carbocycles. The Balaban J connectivity index is 1.26. The fraction of sp³-hybridized carbons (Fsp3) is 0.722. The van der Waals surface area contributed by atoms with Crippen molar-refractivity contribution in [2.75, 3.05) is 19.3 Å². The summed E-state index contributed by atoms with van der Waals surface area (Å²) >= 11 is 0.955. The number of carbonyl (C=O) groups is 1. The van der Waals surface area contributed by atoms with E-state index < -0.39 is 9.84 Å². The summed E-state index contributed by atoms with van der Waals surface area (Å²) in [5.74, 6) is 1.63. The van der Waals surface area contributed by atoms with Crippen LogP contribution in [0.2, 0.25) is 0 Å². The highest BCUT2D eigenvalue weighted by Crippen LogP contribution is 2.70. The van der Waals surface area contributed by atoms with Crippen molar-refractivity contribution >= 4 is 27.3 Å². The normalized spacial score (nSPS) is 32.5. The highest BCUT2D eigenvalue weighted by atomic mass is 32.2. The van der Waals surface area contributed by atoms with Crippen LogP contribution in [0.1, 0.15) is 43.7 Å². The van der Waals surface area contributed by atoms with E-state index in [0.717, 1.165) is 30.8 Å². The van der Waals surface area contributed by atoms with Gasteiger partial charge < -0.3 is 4.90 Å². The number of carbonyl (C=O) groups excluding carboxylic acids is 1. The summed E-state index contributed by atoms with van der Waals surface area (Å²) in [5, 5.41) is 4.09. The van der Waals surface area contributed by atoms with Crippen LogP contribution in [0.5, 0.6) is 0 Å². The summed E-state index contributed by atoms with van der Waals surface area (Å²) in [5.41, 5.74) is 1.04. The molecule has 2 heterocycles. The highest BCUT2D eigenvalue weighted by molar-refractivity contribution is 7.92. The average molecular weight is 394 g/mol. The largest absolute Gasteiger partial charge is 0.342 e. The molecule has 3 unspecified atom stereocenters. The van der Waals surface area contributed by atoms with Crippen LogP contribution in [0.4, 0.5) is 0 Å². The maximum Gasteiger partial charge on any atom is 0.226 e. The fourth-order valence-corrected chi connectivity index (χ4v) is 7.29. The lowest BCUT2D eigenvalue weighted by Crippen LogP contribution is -2.42. The molecule has 0 radical (unpaired) electrons. The summed E-state index contributed by atoms with van der Waals surface area (Å²) in [4.78, 5) is 15.1. The smallest absolute Gasteiger partial charge is 0.226 e. The molecule has 0 N–H and O–H groups in total. The lowest BCUT2D eigenvalue weighted by molar-refractivity contribution is -0.137. The van der Waals surface area contributed by atoms with Gasteiger partial charge in [0, 0.05) is 42.7 Å². The summed E-state index contributed by atoms with van der Waals surface area (Å²) in [7, 11) is -3.29. The molecule has 140 valence electrons. The standard InChI is InChI=1S/C18H23N3O3S2/c1-26(23,24)17-15(19-20-25-17)11-4-8-21(9-5-11)16(22)13-10-12-2-3-14(13)18(12)6-7-18/h2-3,11-14H,4-10H2,1H3. The van der Waals surface area contributed by atoms with Crippen LogP contribution in [0.3, 0.4) is 0 Å². The van der Waals surface area contributed by atoms with Crippen molar-refractivity contribution in [2.45, 2.75) is 42.2 Å². The first-order chi connectivity index (χ1) is 12.4. The Hall–Kier alpha value is -1.28. The Labute approximate surface area is 157 Å². The van der Waals surface area contributed by atoms with Crippen molar-refractivity contribution < 1.29 is 13.2 Å². The number of nitrogens with zero attached hydrogens (tertiary/aromatic N) is 3. The minimum Gasteiger partial charge on any atom is -0.342 e. The summed E-state index contributed by atoms with van der Waals surface area (Å²) in [6, 6.07) is 0. The van der Waals surface area contributed by atoms with Gasteiger partial charge in [0.2, 0.25) is 5.91 Å². The number of likely N-dealkylation sites (tertiary alicyclic amines) is 1. The predicted octanol–water partition coefficient (Wildman–Crippen LogP) is 2.25. The number of amides is 1. The molecule has 1 aromatic rings. The van der Waals surface area contributed by atoms with E-state index in [9.17, 15) is 13.2 Å². The Morgan fingerprint density at radius 2 is 2.00 bits per heavy atom. The molecule has 1 spiro atoms. The van der Waals surface area contributed by atoms with E-state index in [0.29, 0.717) is 41.9 Å². The molecule has 1 amide bonds. The van der Waals surface area contributed by atoms with Crippen molar-refractivity contribution in [2.24, 2.45) is 23.2 Å². The second-order valence-electron chi connectivity index (χ2n) is 8.41. The summed E-state index contributed by atoms with van der Waals surface area (Å²) in [6.07, 6.45) is 11.0. The molecule has 8 heteroatoms. The third-order valence-electron chi connectivity index (χ3n) is 7.05. The Morgan fingerprint density at radius 3 is 2.62 bits per heavy atom. The zero-order chi connectivity index (χ0) is 18.1. The molecule has 5 rings (SSSR count). The average Bonchev–Trinajstić information content (AvgIpc) is 2.99. The lowest BCUT2D eigenvalue weighted by atomic mass is 9.87. The van der Waals surface area contributed by atoms with Crippen molar-refractivity contribution in [3.63, 3.8) is 0 Å². The molecule has 2 bridgehead atoms. The third-order valence-corrected chi connectivity index (χ3v) is 9.60. The van der Waals surface area contributed by atoms with Crippen molar-refractivity contribution in [3.05, 3.63) is 17.8 Å². The first kappa shape index (κ1) is 16.9. The van der Waals surface area contributed by atoms with E-state index in [-0.39, 0.29) is 16.0 Å².